The Morgan fingerprint density at radius 2 is 1.04 bits per heavy atom. The first-order valence-corrected chi connectivity index (χ1v) is 30.8. The molecule has 0 saturated carbocycles. The van der Waals surface area contributed by atoms with E-state index in [0.29, 0.717) is 98.9 Å². The number of anilines is 6. The first-order valence-electron chi connectivity index (χ1n) is 30.0. The van der Waals surface area contributed by atoms with Gasteiger partial charge in [-0.05, 0) is 104 Å². The first kappa shape index (κ1) is 73.3. The molecule has 8 rings (SSSR count). The van der Waals surface area contributed by atoms with Crippen LogP contribution in [0.3, 0.4) is 0 Å². The molecular formula is C66H87BrN18O7. The summed E-state index contributed by atoms with van der Waals surface area (Å²) in [6.07, 6.45) is 20.8. The number of aliphatic hydroxyl groups excluding tert-OH is 2. The Morgan fingerprint density at radius 3 is 1.49 bits per heavy atom. The van der Waals surface area contributed by atoms with Crippen LogP contribution in [0.1, 0.15) is 169 Å². The van der Waals surface area contributed by atoms with Crippen molar-refractivity contribution in [1.82, 2.24) is 59.8 Å². The largest absolute Gasteiger partial charge is 0.481 e. The molecule has 0 bridgehead atoms. The topological polar surface area (TPSA) is 369 Å². The SMILES string of the molecule is C#Cc1cc(Cc2cnc(C)nc2N)c(C(=C)C)cn1.CCC(CO)Nc1ncc(Oc2cc(Br)ncc2C(C)C)c(N)n1.CCC(CO)Nc1ncc(Oc2cc(OC)ncc2C(C)C)c(N)n1.CCOC(C)c1cc(Oc2cnc(C)nc2N)c(C(C)C)cn1. The highest BCUT2D eigenvalue weighted by atomic mass is 79.9. The minimum Gasteiger partial charge on any atom is -0.481 e. The van der Waals surface area contributed by atoms with Gasteiger partial charge in [0, 0.05) is 84.5 Å². The second-order valence-electron chi connectivity index (χ2n) is 21.9. The van der Waals surface area contributed by atoms with Crippen LogP contribution in [0, 0.1) is 26.2 Å². The van der Waals surface area contributed by atoms with Crippen LogP contribution in [0.5, 0.6) is 40.4 Å². The predicted octanol–water partition coefficient (Wildman–Crippen LogP) is 12.0. The number of rotatable bonds is 24. The number of nitrogens with zero attached hydrogens (tertiary/aromatic N) is 12. The summed E-state index contributed by atoms with van der Waals surface area (Å²) in [6.45, 7) is 30.3. The van der Waals surface area contributed by atoms with Gasteiger partial charge in [-0.15, -0.1) is 6.42 Å². The van der Waals surface area contributed by atoms with Gasteiger partial charge in [-0.3, -0.25) is 4.98 Å². The molecule has 12 N–H and O–H groups in total. The van der Waals surface area contributed by atoms with Crippen LogP contribution in [0.2, 0.25) is 0 Å². The summed E-state index contributed by atoms with van der Waals surface area (Å²) < 4.78 is 29.2. The lowest BCUT2D eigenvalue weighted by Gasteiger charge is -2.17. The summed E-state index contributed by atoms with van der Waals surface area (Å²) in [7, 11) is 1.55. The van der Waals surface area contributed by atoms with Crippen molar-refractivity contribution in [3.05, 3.63) is 141 Å². The van der Waals surface area contributed by atoms with Crippen LogP contribution in [-0.4, -0.2) is 109 Å². The lowest BCUT2D eigenvalue weighted by atomic mass is 9.98. The second-order valence-corrected chi connectivity index (χ2v) is 22.7. The molecule has 0 amide bonds. The van der Waals surface area contributed by atoms with E-state index in [9.17, 15) is 10.2 Å². The quantitative estimate of drug-likeness (QED) is 0.0206. The van der Waals surface area contributed by atoms with E-state index in [-0.39, 0.29) is 60.8 Å². The Balaban J connectivity index is 0.000000223. The van der Waals surface area contributed by atoms with Gasteiger partial charge >= 0.3 is 0 Å². The second kappa shape index (κ2) is 35.8. The molecule has 0 aliphatic rings. The molecule has 0 aliphatic heterocycles. The number of nitrogen functional groups attached to an aromatic ring is 4. The van der Waals surface area contributed by atoms with Crippen LogP contribution in [-0.2, 0) is 11.2 Å². The Kier molecular flexibility index (Phi) is 28.6. The number of hydrogen-bond acceptors (Lipinski definition) is 25. The minimum atomic E-state index is -0.122. The van der Waals surface area contributed by atoms with E-state index in [1.165, 1.54) is 12.4 Å². The molecule has 92 heavy (non-hydrogen) atoms. The van der Waals surface area contributed by atoms with Crippen molar-refractivity contribution in [2.24, 2.45) is 0 Å². The molecule has 8 aromatic heterocycles. The zero-order valence-corrected chi connectivity index (χ0v) is 56.5. The fraction of sp³-hybridized carbons (Fsp3) is 0.394. The van der Waals surface area contributed by atoms with Crippen molar-refractivity contribution < 1.29 is 33.9 Å². The zero-order valence-electron chi connectivity index (χ0n) is 54.9. The molecule has 0 radical (unpaired) electrons. The van der Waals surface area contributed by atoms with E-state index in [0.717, 1.165) is 57.5 Å². The third-order valence-corrected chi connectivity index (χ3v) is 14.2. The van der Waals surface area contributed by atoms with Crippen molar-refractivity contribution >= 4 is 56.7 Å². The van der Waals surface area contributed by atoms with Crippen molar-refractivity contribution in [1.29, 1.82) is 0 Å². The van der Waals surface area contributed by atoms with E-state index in [2.05, 4.69) is 127 Å². The van der Waals surface area contributed by atoms with Crippen LogP contribution in [0.4, 0.5) is 35.2 Å². The van der Waals surface area contributed by atoms with E-state index >= 15 is 0 Å². The smallest absolute Gasteiger partial charge is 0.225 e. The van der Waals surface area contributed by atoms with Gasteiger partial charge in [0.2, 0.25) is 17.8 Å². The van der Waals surface area contributed by atoms with Gasteiger partial charge in [-0.25, -0.2) is 44.9 Å². The van der Waals surface area contributed by atoms with Crippen LogP contribution in [0.15, 0.2) is 85.0 Å². The van der Waals surface area contributed by atoms with Gasteiger partial charge in [0.1, 0.15) is 45.0 Å². The zero-order chi connectivity index (χ0) is 67.8. The number of nitrogens with two attached hydrogens (primary N) is 4. The highest BCUT2D eigenvalue weighted by Crippen LogP contribution is 2.37. The van der Waals surface area contributed by atoms with Gasteiger partial charge in [0.15, 0.2) is 34.7 Å². The van der Waals surface area contributed by atoms with Crippen molar-refractivity contribution in [3.8, 4) is 52.7 Å². The number of aryl methyl sites for hydroxylation is 2. The van der Waals surface area contributed by atoms with E-state index < -0.39 is 0 Å². The maximum atomic E-state index is 9.25. The maximum absolute atomic E-state index is 9.25. The molecule has 0 saturated heterocycles. The minimum absolute atomic E-state index is 0.000800. The lowest BCUT2D eigenvalue weighted by Crippen LogP contribution is -2.24. The number of aromatic nitrogens is 12. The third kappa shape index (κ3) is 21.6. The van der Waals surface area contributed by atoms with Gasteiger partial charge in [0.25, 0.3) is 0 Å². The number of nitrogens with one attached hydrogen (secondary N) is 2. The molecule has 0 fully saturated rings. The van der Waals surface area contributed by atoms with Gasteiger partial charge in [-0.1, -0.05) is 67.9 Å². The third-order valence-electron chi connectivity index (χ3n) is 13.8. The van der Waals surface area contributed by atoms with Crippen molar-refractivity contribution in [2.75, 3.05) is 60.5 Å². The lowest BCUT2D eigenvalue weighted by molar-refractivity contribution is 0.0732. The molecule has 25 nitrogen and oxygen atoms in total. The molecular weight excluding hydrogens is 1240 g/mol. The Morgan fingerprint density at radius 1 is 0.576 bits per heavy atom. The van der Waals surface area contributed by atoms with Crippen molar-refractivity contribution in [3.63, 3.8) is 0 Å². The molecule has 0 spiro atoms. The van der Waals surface area contributed by atoms with Crippen molar-refractivity contribution in [2.45, 2.75) is 145 Å². The van der Waals surface area contributed by atoms with E-state index in [1.54, 1.807) is 57.2 Å². The normalized spacial score (nSPS) is 11.8. The molecule has 8 heterocycles. The van der Waals surface area contributed by atoms with Crippen LogP contribution in [0.25, 0.3) is 5.57 Å². The molecule has 3 atom stereocenters. The Bertz CT molecular complexity index is 3750. The summed E-state index contributed by atoms with van der Waals surface area (Å²) >= 11 is 3.34. The summed E-state index contributed by atoms with van der Waals surface area (Å²) in [5.41, 5.74) is 31.9. The molecule has 0 aromatic carbocycles. The van der Waals surface area contributed by atoms with Crippen LogP contribution >= 0.6 is 15.9 Å². The summed E-state index contributed by atoms with van der Waals surface area (Å²) in [5.74, 6) is 10.1. The molecule has 3 unspecified atom stereocenters. The molecule has 490 valence electrons. The summed E-state index contributed by atoms with van der Waals surface area (Å²) in [5, 5.41) is 24.5. The molecule has 8 aromatic rings. The van der Waals surface area contributed by atoms with E-state index in [4.69, 9.17) is 53.0 Å². The number of terminal acetylenes is 1. The monoisotopic (exact) mass is 1320 g/mol. The highest BCUT2D eigenvalue weighted by Gasteiger charge is 2.20. The average molecular weight is 1320 g/mol. The number of halogens is 1. The number of allylic oxidation sites excluding steroid dienone is 1. The Labute approximate surface area is 547 Å². The maximum Gasteiger partial charge on any atom is 0.225 e. The van der Waals surface area contributed by atoms with Gasteiger partial charge in [0.05, 0.1) is 62.8 Å². The average Bonchev–Trinajstić information content (AvgIpc) is 1.16. The number of aliphatic hydroxyl groups is 2. The predicted molar refractivity (Wildman–Crippen MR) is 364 cm³/mol. The fourth-order valence-electron chi connectivity index (χ4n) is 8.40. The van der Waals surface area contributed by atoms with Gasteiger partial charge in [-0.2, -0.15) is 9.97 Å². The fourth-order valence-corrected chi connectivity index (χ4v) is 8.72. The Hall–Kier alpha value is -9.42. The van der Waals surface area contributed by atoms with Crippen LogP contribution < -0.4 is 52.5 Å². The number of ether oxygens (including phenoxy) is 5. The number of pyridine rings is 4. The summed E-state index contributed by atoms with van der Waals surface area (Å²) in [6, 6.07) is 7.04. The number of hydrogen-bond donors (Lipinski definition) is 8. The summed E-state index contributed by atoms with van der Waals surface area (Å²) in [4.78, 5) is 50.6. The standard InChI is InChI=1S/C17H25N5O3.C17H24N4O2.C16H22BrN5O2.C16H16N4/c1-5-11(9-23)21-17-20-8-14(16(18)22-17)25-13-6-15(24-4)19-7-12(13)10(2)3;1-6-22-11(4)14-7-15(13(8-20-14)10(2)3)23-16-9-19-12(5)21-17(16)18;1-4-10(8-23)21-16-20-7-13(15(18)22-16)24-12-5-14(17)19-6-11(12)9(2)3;1-5-14-7-12(15(9-19-14)10(2)3)6-13-8-18-11(4)20-16(13)17/h6-8,10-11,23H,5,9H2,1-4H3,(H3,18,20,21,22);7-11H,6H2,1-5H3,(H2,18,19,21);5-7,9-10,23H,4,8H2,1-3H3,(H3,18,20,21,22);1,7-9H,2,6H2,3-4H3,(H2,17,18,20). The number of methoxy groups -OCH3 is 1. The van der Waals surface area contributed by atoms with Gasteiger partial charge < -0.3 is 67.5 Å². The molecule has 0 aliphatic carbocycles. The first-order chi connectivity index (χ1) is 43.8. The van der Waals surface area contributed by atoms with E-state index in [1.807, 2.05) is 73.7 Å². The molecule has 26 heteroatoms. The highest BCUT2D eigenvalue weighted by molar-refractivity contribution is 9.10.